The molecule has 1 aliphatic rings. The van der Waals surface area contributed by atoms with Gasteiger partial charge >= 0.3 is 5.71 Å². The number of hydrogen-bond donors (Lipinski definition) is 1. The van der Waals surface area contributed by atoms with Crippen LogP contribution in [0.5, 0.6) is 0 Å². The molecule has 0 aromatic carbocycles. The molecular formula is C7H7N3O. The van der Waals surface area contributed by atoms with Gasteiger partial charge in [0, 0.05) is 0 Å². The summed E-state index contributed by atoms with van der Waals surface area (Å²) in [5.41, 5.74) is 14.0. The van der Waals surface area contributed by atoms with Crippen molar-refractivity contribution in [2.75, 3.05) is 0 Å². The van der Waals surface area contributed by atoms with E-state index in [0.717, 1.165) is 0 Å². The number of rotatable bonds is 1. The van der Waals surface area contributed by atoms with Crippen molar-refractivity contribution in [3.63, 3.8) is 0 Å². The number of carbonyl (C=O) groups is 1. The van der Waals surface area contributed by atoms with Gasteiger partial charge in [0.1, 0.15) is 5.57 Å². The highest BCUT2D eigenvalue weighted by Gasteiger charge is 2.20. The van der Waals surface area contributed by atoms with Gasteiger partial charge in [-0.25, -0.2) is 0 Å². The van der Waals surface area contributed by atoms with Gasteiger partial charge in [-0.05, 0) is 6.08 Å². The lowest BCUT2D eigenvalue weighted by atomic mass is 10.0. The Balaban J connectivity index is 3.06. The van der Waals surface area contributed by atoms with Crippen molar-refractivity contribution in [2.24, 2.45) is 5.73 Å². The molecule has 0 unspecified atom stereocenters. The zero-order valence-corrected chi connectivity index (χ0v) is 5.82. The summed E-state index contributed by atoms with van der Waals surface area (Å²) < 4.78 is 0. The number of nitrogens with zero attached hydrogens (tertiary/aromatic N) is 2. The molecule has 4 heteroatoms. The lowest BCUT2D eigenvalue weighted by molar-refractivity contribution is -0.114. The minimum atomic E-state index is -0.567. The molecule has 0 aliphatic heterocycles. The molecule has 0 atom stereocenters. The summed E-state index contributed by atoms with van der Waals surface area (Å²) in [5, 5.41) is 0. The Morgan fingerprint density at radius 3 is 2.91 bits per heavy atom. The predicted molar refractivity (Wildman–Crippen MR) is 39.7 cm³/mol. The first kappa shape index (κ1) is 7.44. The van der Waals surface area contributed by atoms with Crippen LogP contribution < -0.4 is 5.73 Å². The normalized spacial score (nSPS) is 15.6. The van der Waals surface area contributed by atoms with Crippen molar-refractivity contribution < 1.29 is 9.58 Å². The highest BCUT2D eigenvalue weighted by Crippen LogP contribution is 2.06. The third-order valence-electron chi connectivity index (χ3n) is 1.41. The summed E-state index contributed by atoms with van der Waals surface area (Å²) in [6, 6.07) is 0. The summed E-state index contributed by atoms with van der Waals surface area (Å²) in [4.78, 5) is 13.6. The van der Waals surface area contributed by atoms with Crippen molar-refractivity contribution >= 4 is 11.6 Å². The molecule has 1 amide bonds. The van der Waals surface area contributed by atoms with Crippen LogP contribution in [0.4, 0.5) is 0 Å². The molecule has 0 aromatic heterocycles. The first-order valence-electron chi connectivity index (χ1n) is 3.13. The van der Waals surface area contributed by atoms with Crippen LogP contribution in [0.3, 0.4) is 0 Å². The molecule has 0 saturated carbocycles. The molecule has 11 heavy (non-hydrogen) atoms. The minimum Gasteiger partial charge on any atom is -0.365 e. The van der Waals surface area contributed by atoms with Crippen molar-refractivity contribution in [3.05, 3.63) is 29.3 Å². The maximum Gasteiger partial charge on any atom is 0.308 e. The quantitative estimate of drug-likeness (QED) is 0.414. The Bertz CT molecular complexity index is 295. The summed E-state index contributed by atoms with van der Waals surface area (Å²) in [5.74, 6) is -0.567. The van der Waals surface area contributed by atoms with Gasteiger partial charge in [-0.1, -0.05) is 12.2 Å². The molecule has 0 radical (unpaired) electrons. The van der Waals surface area contributed by atoms with Crippen molar-refractivity contribution in [3.8, 4) is 0 Å². The average Bonchev–Trinajstić information content (AvgIpc) is 2.04. The second-order valence-electron chi connectivity index (χ2n) is 2.12. The van der Waals surface area contributed by atoms with Crippen LogP contribution in [0, 0.1) is 0 Å². The molecule has 1 rings (SSSR count). The fourth-order valence-corrected chi connectivity index (χ4v) is 0.869. The van der Waals surface area contributed by atoms with Crippen LogP contribution in [-0.2, 0) is 4.79 Å². The van der Waals surface area contributed by atoms with E-state index in [9.17, 15) is 4.79 Å². The summed E-state index contributed by atoms with van der Waals surface area (Å²) in [6.45, 7) is 0. The molecule has 0 bridgehead atoms. The Hall–Kier alpha value is -1.67. The van der Waals surface area contributed by atoms with E-state index in [4.69, 9.17) is 11.3 Å². The SMILES string of the molecule is [N-]=[N+]=C1CC=CC=C1C(N)=O. The first-order valence-corrected chi connectivity index (χ1v) is 3.13. The number of primary amides is 1. The lowest BCUT2D eigenvalue weighted by Crippen LogP contribution is -2.22. The molecule has 0 spiro atoms. The first-order chi connectivity index (χ1) is 5.25. The van der Waals surface area contributed by atoms with E-state index in [-0.39, 0.29) is 5.57 Å². The lowest BCUT2D eigenvalue weighted by Gasteiger charge is -1.98. The number of nitrogens with two attached hydrogens (primary N) is 1. The van der Waals surface area contributed by atoms with Gasteiger partial charge in [0.15, 0.2) is 0 Å². The maximum atomic E-state index is 10.7. The van der Waals surface area contributed by atoms with E-state index >= 15 is 0 Å². The highest BCUT2D eigenvalue weighted by molar-refractivity contribution is 6.20. The molecule has 1 aliphatic carbocycles. The number of carbonyl (C=O) groups excluding carboxylic acids is 1. The van der Waals surface area contributed by atoms with E-state index in [1.807, 2.05) is 0 Å². The zero-order chi connectivity index (χ0) is 8.27. The van der Waals surface area contributed by atoms with Gasteiger partial charge in [-0.2, -0.15) is 4.79 Å². The standard InChI is InChI=1S/C7H7N3O/c8-7(11)5-3-1-2-4-6(5)10-9/h1-3H,4H2,(H2,8,11). The van der Waals surface area contributed by atoms with E-state index in [1.165, 1.54) is 6.08 Å². The van der Waals surface area contributed by atoms with E-state index in [2.05, 4.69) is 4.79 Å². The smallest absolute Gasteiger partial charge is 0.308 e. The number of allylic oxidation sites excluding steroid dienone is 3. The van der Waals surface area contributed by atoms with Gasteiger partial charge in [-0.15, -0.1) is 0 Å². The zero-order valence-electron chi connectivity index (χ0n) is 5.82. The van der Waals surface area contributed by atoms with Crippen molar-refractivity contribution in [1.29, 1.82) is 0 Å². The van der Waals surface area contributed by atoms with Gasteiger partial charge in [0.25, 0.3) is 5.91 Å². The van der Waals surface area contributed by atoms with Crippen LogP contribution >= 0.6 is 0 Å². The van der Waals surface area contributed by atoms with Crippen molar-refractivity contribution in [1.82, 2.24) is 0 Å². The van der Waals surface area contributed by atoms with Crippen molar-refractivity contribution in [2.45, 2.75) is 6.42 Å². The van der Waals surface area contributed by atoms with Crippen LogP contribution in [0.25, 0.3) is 5.53 Å². The average molecular weight is 149 g/mol. The predicted octanol–water partition coefficient (Wildman–Crippen LogP) is 0.0288. The van der Waals surface area contributed by atoms with Crippen LogP contribution in [0.15, 0.2) is 23.8 Å². The minimum absolute atomic E-state index is 0.273. The number of amides is 1. The third-order valence-corrected chi connectivity index (χ3v) is 1.41. The molecule has 2 N–H and O–H groups in total. The Labute approximate surface area is 63.6 Å². The van der Waals surface area contributed by atoms with Crippen LogP contribution in [-0.4, -0.2) is 16.4 Å². The van der Waals surface area contributed by atoms with Gasteiger partial charge in [-0.3, -0.25) is 4.79 Å². The fourth-order valence-electron chi connectivity index (χ4n) is 0.869. The third kappa shape index (κ3) is 1.42. The summed E-state index contributed by atoms with van der Waals surface area (Å²) in [7, 11) is 0. The van der Waals surface area contributed by atoms with E-state index < -0.39 is 5.91 Å². The molecular weight excluding hydrogens is 142 g/mol. The monoisotopic (exact) mass is 149 g/mol. The van der Waals surface area contributed by atoms with Gasteiger partial charge < -0.3 is 11.3 Å². The molecule has 4 nitrogen and oxygen atoms in total. The molecule has 0 fully saturated rings. The summed E-state index contributed by atoms with van der Waals surface area (Å²) in [6.07, 6.45) is 5.46. The van der Waals surface area contributed by atoms with Gasteiger partial charge in [0.2, 0.25) is 0 Å². The van der Waals surface area contributed by atoms with Crippen LogP contribution in [0.2, 0.25) is 0 Å². The van der Waals surface area contributed by atoms with Crippen LogP contribution in [0.1, 0.15) is 6.42 Å². The summed E-state index contributed by atoms with van der Waals surface area (Å²) >= 11 is 0. The topological polar surface area (TPSA) is 79.5 Å². The Morgan fingerprint density at radius 2 is 2.45 bits per heavy atom. The fraction of sp³-hybridized carbons (Fsp3) is 0.143. The maximum absolute atomic E-state index is 10.7. The number of hydrogen-bond acceptors (Lipinski definition) is 1. The van der Waals surface area contributed by atoms with E-state index in [0.29, 0.717) is 12.1 Å². The second-order valence-corrected chi connectivity index (χ2v) is 2.12. The molecule has 0 aromatic rings. The van der Waals surface area contributed by atoms with E-state index in [1.54, 1.807) is 12.2 Å². The molecule has 0 saturated heterocycles. The Morgan fingerprint density at radius 1 is 1.73 bits per heavy atom. The largest absolute Gasteiger partial charge is 0.365 e. The molecule has 56 valence electrons. The molecule has 0 heterocycles. The second kappa shape index (κ2) is 2.94. The van der Waals surface area contributed by atoms with Gasteiger partial charge in [0.05, 0.1) is 6.42 Å². The Kier molecular flexibility index (Phi) is 1.99. The highest BCUT2D eigenvalue weighted by atomic mass is 16.1.